The lowest BCUT2D eigenvalue weighted by molar-refractivity contribution is -0.132. The molecular weight excluding hydrogens is 352 g/mol. The summed E-state index contributed by atoms with van der Waals surface area (Å²) in [4.78, 5) is 13.6. The third kappa shape index (κ3) is 4.00. The van der Waals surface area contributed by atoms with Crippen molar-refractivity contribution >= 4 is 29.4 Å². The van der Waals surface area contributed by atoms with Crippen LogP contribution in [0.5, 0.6) is 0 Å². The summed E-state index contributed by atoms with van der Waals surface area (Å²) >= 11 is 6.12. The highest BCUT2D eigenvalue weighted by atomic mass is 35.5. The Morgan fingerprint density at radius 3 is 2.69 bits per heavy atom. The van der Waals surface area contributed by atoms with Gasteiger partial charge in [0.05, 0.1) is 12.2 Å². The fourth-order valence-corrected chi connectivity index (χ4v) is 3.92. The van der Waals surface area contributed by atoms with Gasteiger partial charge >= 0.3 is 0 Å². The number of nitrogens with zero attached hydrogens (tertiary/aromatic N) is 2. The molecule has 1 atom stereocenters. The van der Waals surface area contributed by atoms with E-state index < -0.39 is 11.5 Å². The molecular formula is C19H25ClN4O2. The number of carbonyl (C=O) groups is 1. The lowest BCUT2D eigenvalue weighted by Crippen LogP contribution is -2.43. The van der Waals surface area contributed by atoms with Crippen molar-refractivity contribution < 1.29 is 9.90 Å². The van der Waals surface area contributed by atoms with Gasteiger partial charge in [0.15, 0.2) is 0 Å². The molecule has 6 nitrogen and oxygen atoms in total. The van der Waals surface area contributed by atoms with E-state index in [1.54, 1.807) is 17.0 Å². The molecule has 1 fully saturated rings. The van der Waals surface area contributed by atoms with Crippen molar-refractivity contribution in [2.45, 2.75) is 39.2 Å². The number of amides is 1. The van der Waals surface area contributed by atoms with Gasteiger partial charge in [-0.3, -0.25) is 4.79 Å². The van der Waals surface area contributed by atoms with Crippen molar-refractivity contribution in [3.63, 3.8) is 0 Å². The van der Waals surface area contributed by atoms with Crippen LogP contribution in [0.15, 0.2) is 12.1 Å². The molecule has 2 rings (SSSR count). The molecule has 1 saturated heterocycles. The average molecular weight is 377 g/mol. The van der Waals surface area contributed by atoms with Gasteiger partial charge in [-0.15, -0.1) is 0 Å². The van der Waals surface area contributed by atoms with Gasteiger partial charge < -0.3 is 21.1 Å². The number of rotatable bonds is 5. The number of nitrogens with two attached hydrogens (primary N) is 1. The minimum Gasteiger partial charge on any atom is -0.398 e. The highest BCUT2D eigenvalue weighted by molar-refractivity contribution is 6.31. The first-order valence-corrected chi connectivity index (χ1v) is 9.02. The van der Waals surface area contributed by atoms with Gasteiger partial charge in [0.1, 0.15) is 6.42 Å². The van der Waals surface area contributed by atoms with Crippen molar-refractivity contribution in [3.05, 3.63) is 28.3 Å². The summed E-state index contributed by atoms with van der Waals surface area (Å²) < 4.78 is 0. The largest absolute Gasteiger partial charge is 0.398 e. The summed E-state index contributed by atoms with van der Waals surface area (Å²) in [6, 6.07) is 5.15. The van der Waals surface area contributed by atoms with Crippen LogP contribution in [-0.2, 0) is 4.79 Å². The van der Waals surface area contributed by atoms with Crippen LogP contribution < -0.4 is 5.73 Å². The molecule has 140 valence electrons. The Labute approximate surface area is 159 Å². The summed E-state index contributed by atoms with van der Waals surface area (Å²) in [6.07, 6.45) is 1.69. The summed E-state index contributed by atoms with van der Waals surface area (Å²) in [5.41, 5.74) is 7.03. The molecule has 1 unspecified atom stereocenters. The van der Waals surface area contributed by atoms with Crippen molar-refractivity contribution in [1.29, 1.82) is 10.7 Å². The third-order valence-electron chi connectivity index (χ3n) is 5.49. The van der Waals surface area contributed by atoms with Crippen molar-refractivity contribution in [2.75, 3.05) is 18.8 Å². The molecule has 1 aliphatic rings. The minimum absolute atomic E-state index is 0.0951. The molecule has 0 radical (unpaired) electrons. The second kappa shape index (κ2) is 8.07. The van der Waals surface area contributed by atoms with Crippen molar-refractivity contribution in [1.82, 2.24) is 4.90 Å². The maximum absolute atomic E-state index is 11.9. The van der Waals surface area contributed by atoms with E-state index in [-0.39, 0.29) is 18.2 Å². The number of piperidine rings is 1. The number of nitrogen functional groups attached to an aromatic ring is 1. The highest BCUT2D eigenvalue weighted by Gasteiger charge is 2.40. The van der Waals surface area contributed by atoms with Crippen molar-refractivity contribution in [3.8, 4) is 6.07 Å². The molecule has 0 spiro atoms. The number of benzene rings is 1. The summed E-state index contributed by atoms with van der Waals surface area (Å²) in [5, 5.41) is 27.6. The standard InChI is InChI=1S/C19H25ClN4O2/c1-19(2,13-4-7-24(8-5-13)16(25)3-6-21)18(26)15-10-14(20)9-12(11-22)17(15)23/h9-11,13,18,22,26H,3-5,7-8,23H2,1-2H3. The molecule has 0 aliphatic carbocycles. The average Bonchev–Trinajstić information content (AvgIpc) is 2.63. The van der Waals surface area contributed by atoms with E-state index >= 15 is 0 Å². The Bertz CT molecular complexity index is 734. The van der Waals surface area contributed by atoms with Crippen molar-refractivity contribution in [2.24, 2.45) is 11.3 Å². The van der Waals surface area contributed by atoms with E-state index in [0.717, 1.165) is 19.1 Å². The second-order valence-electron chi connectivity index (χ2n) is 7.36. The number of halogens is 1. The number of likely N-dealkylation sites (tertiary alicyclic amines) is 1. The quantitative estimate of drug-likeness (QED) is 0.540. The molecule has 1 aromatic rings. The molecule has 0 bridgehead atoms. The molecule has 1 amide bonds. The Hall–Kier alpha value is -2.10. The SMILES string of the molecule is CC(C)(C1CCN(C(=O)CC#N)CC1)C(O)c1cc(Cl)cc(C=N)c1N. The van der Waals surface area contributed by atoms with Crippen LogP contribution >= 0.6 is 11.6 Å². The van der Waals surface area contributed by atoms with Gasteiger partial charge in [-0.25, -0.2) is 0 Å². The fourth-order valence-electron chi connectivity index (χ4n) is 3.68. The van der Waals surface area contributed by atoms with Gasteiger partial charge in [-0.2, -0.15) is 5.26 Å². The monoisotopic (exact) mass is 376 g/mol. The first-order chi connectivity index (χ1) is 12.2. The molecule has 1 aromatic carbocycles. The van der Waals surface area contributed by atoms with Gasteiger partial charge in [0.2, 0.25) is 5.91 Å². The predicted molar refractivity (Wildman–Crippen MR) is 102 cm³/mol. The molecule has 4 N–H and O–H groups in total. The Morgan fingerprint density at radius 1 is 1.54 bits per heavy atom. The van der Waals surface area contributed by atoms with E-state index in [4.69, 9.17) is 28.0 Å². The molecule has 7 heteroatoms. The van der Waals surface area contributed by atoms with Gasteiger partial charge in [-0.1, -0.05) is 25.4 Å². The van der Waals surface area contributed by atoms with Crippen LogP contribution in [0, 0.1) is 28.1 Å². The van der Waals surface area contributed by atoms with Crippen LogP contribution in [0.1, 0.15) is 50.3 Å². The van der Waals surface area contributed by atoms with Crippen LogP contribution in [-0.4, -0.2) is 35.2 Å². The number of aliphatic hydroxyl groups excluding tert-OH is 1. The lowest BCUT2D eigenvalue weighted by Gasteiger charge is -2.43. The summed E-state index contributed by atoms with van der Waals surface area (Å²) in [7, 11) is 0. The number of anilines is 1. The van der Waals surface area contributed by atoms with E-state index in [9.17, 15) is 9.90 Å². The third-order valence-corrected chi connectivity index (χ3v) is 5.71. The molecule has 1 heterocycles. The number of aliphatic hydroxyl groups is 1. The zero-order valence-corrected chi connectivity index (χ0v) is 15.9. The number of nitrogens with one attached hydrogen (secondary N) is 1. The van der Waals surface area contributed by atoms with Gasteiger partial charge in [0.25, 0.3) is 0 Å². The molecule has 1 aliphatic heterocycles. The smallest absolute Gasteiger partial charge is 0.236 e. The van der Waals surface area contributed by atoms with E-state index in [2.05, 4.69) is 0 Å². The normalized spacial score (nSPS) is 16.8. The Balaban J connectivity index is 2.18. The van der Waals surface area contributed by atoms with E-state index in [1.807, 2.05) is 19.9 Å². The molecule has 26 heavy (non-hydrogen) atoms. The fraction of sp³-hybridized carbons (Fsp3) is 0.526. The van der Waals surface area contributed by atoms with Crippen LogP contribution in [0.2, 0.25) is 5.02 Å². The zero-order chi connectivity index (χ0) is 19.5. The Morgan fingerprint density at radius 2 is 2.15 bits per heavy atom. The minimum atomic E-state index is -0.841. The predicted octanol–water partition coefficient (Wildman–Crippen LogP) is 3.13. The highest BCUT2D eigenvalue weighted by Crippen LogP contribution is 2.46. The molecule has 0 aromatic heterocycles. The summed E-state index contributed by atoms with van der Waals surface area (Å²) in [5.74, 6) is 0.0458. The lowest BCUT2D eigenvalue weighted by atomic mass is 9.68. The Kier molecular flexibility index (Phi) is 6.27. The van der Waals surface area contributed by atoms with Gasteiger partial charge in [0, 0.05) is 41.1 Å². The topological polar surface area (TPSA) is 114 Å². The maximum atomic E-state index is 11.9. The zero-order valence-electron chi connectivity index (χ0n) is 15.1. The maximum Gasteiger partial charge on any atom is 0.236 e. The van der Waals surface area contributed by atoms with Crippen LogP contribution in [0.4, 0.5) is 5.69 Å². The van der Waals surface area contributed by atoms with Gasteiger partial charge in [-0.05, 0) is 36.3 Å². The number of hydrogen-bond acceptors (Lipinski definition) is 5. The van der Waals surface area contributed by atoms with E-state index in [0.29, 0.717) is 34.9 Å². The first kappa shape index (κ1) is 20.2. The number of hydrogen-bond donors (Lipinski definition) is 3. The first-order valence-electron chi connectivity index (χ1n) is 8.64. The molecule has 0 saturated carbocycles. The van der Waals surface area contributed by atoms with Crippen LogP contribution in [0.3, 0.4) is 0 Å². The number of nitriles is 1. The summed E-state index contributed by atoms with van der Waals surface area (Å²) in [6.45, 7) is 5.13. The van der Waals surface area contributed by atoms with Crippen LogP contribution in [0.25, 0.3) is 0 Å². The number of carbonyl (C=O) groups excluding carboxylic acids is 1. The second-order valence-corrected chi connectivity index (χ2v) is 7.79. The van der Waals surface area contributed by atoms with E-state index in [1.165, 1.54) is 0 Å².